The highest BCUT2D eigenvalue weighted by Gasteiger charge is 2.36. The van der Waals surface area contributed by atoms with Crippen molar-refractivity contribution in [1.82, 2.24) is 9.62 Å². The molecule has 0 fully saturated rings. The molecular formula is C40H39F3N2O7S2. The third-order valence-electron chi connectivity index (χ3n) is 9.39. The topological polar surface area (TPSA) is 127 Å². The molecule has 9 nitrogen and oxygen atoms in total. The van der Waals surface area contributed by atoms with Crippen molar-refractivity contribution in [3.05, 3.63) is 143 Å². The third-order valence-corrected chi connectivity index (χ3v) is 12.9. The van der Waals surface area contributed by atoms with Crippen LogP contribution in [0.4, 0.5) is 13.2 Å². The zero-order chi connectivity index (χ0) is 39.3. The van der Waals surface area contributed by atoms with E-state index in [1.54, 1.807) is 12.1 Å². The number of methoxy groups -OCH3 is 1. The number of ether oxygens (including phenoxy) is 1. The number of sulfonamides is 1. The molecule has 0 heterocycles. The molecule has 14 heteroatoms. The molecule has 0 spiro atoms. The second-order valence-corrected chi connectivity index (χ2v) is 17.3. The Balaban J connectivity index is 1.41. The fourth-order valence-corrected chi connectivity index (χ4v) is 7.70. The minimum Gasteiger partial charge on any atom is -0.467 e. The lowest BCUT2D eigenvalue weighted by Crippen LogP contribution is -2.50. The molecule has 284 valence electrons. The summed E-state index contributed by atoms with van der Waals surface area (Å²) in [4.78, 5) is 28.6. The molecule has 0 radical (unpaired) electrons. The number of carbonyl (C=O) groups is 2. The molecule has 54 heavy (non-hydrogen) atoms. The second kappa shape index (κ2) is 16.1. The molecule has 0 aromatic heterocycles. The highest BCUT2D eigenvalue weighted by molar-refractivity contribution is 7.93. The smallest absolute Gasteiger partial charge is 0.416 e. The maximum absolute atomic E-state index is 14.2. The summed E-state index contributed by atoms with van der Waals surface area (Å²) in [7, 11) is -6.49. The molecule has 2 atom stereocenters. The van der Waals surface area contributed by atoms with E-state index < -0.39 is 54.3 Å². The Bertz CT molecular complexity index is 2260. The number of hydrogen-bond donors (Lipinski definition) is 1. The van der Waals surface area contributed by atoms with E-state index in [0.29, 0.717) is 16.7 Å². The average molecular weight is 781 g/mol. The van der Waals surface area contributed by atoms with Gasteiger partial charge in [-0.15, -0.1) is 0 Å². The van der Waals surface area contributed by atoms with Crippen molar-refractivity contribution in [1.29, 1.82) is 0 Å². The quantitative estimate of drug-likeness (QED) is 0.148. The lowest BCUT2D eigenvalue weighted by atomic mass is 9.99. The molecule has 0 saturated carbocycles. The van der Waals surface area contributed by atoms with Crippen molar-refractivity contribution in [2.75, 3.05) is 26.5 Å². The van der Waals surface area contributed by atoms with Crippen LogP contribution in [-0.2, 0) is 42.0 Å². The van der Waals surface area contributed by atoms with E-state index in [4.69, 9.17) is 4.74 Å². The van der Waals surface area contributed by atoms with Crippen LogP contribution in [-0.4, -0.2) is 70.9 Å². The van der Waals surface area contributed by atoms with Gasteiger partial charge in [-0.1, -0.05) is 91.0 Å². The van der Waals surface area contributed by atoms with E-state index >= 15 is 0 Å². The van der Waals surface area contributed by atoms with Gasteiger partial charge in [0.25, 0.3) is 5.91 Å². The molecule has 0 saturated heterocycles. The van der Waals surface area contributed by atoms with Gasteiger partial charge in [-0.3, -0.25) is 4.79 Å². The first-order valence-corrected chi connectivity index (χ1v) is 20.2. The van der Waals surface area contributed by atoms with E-state index in [1.807, 2.05) is 54.6 Å². The maximum atomic E-state index is 14.2. The van der Waals surface area contributed by atoms with Gasteiger partial charge in [-0.05, 0) is 71.5 Å². The molecule has 4 aromatic carbocycles. The predicted molar refractivity (Wildman–Crippen MR) is 201 cm³/mol. The first-order chi connectivity index (χ1) is 25.4. The first-order valence-electron chi connectivity index (χ1n) is 16.8. The van der Waals surface area contributed by atoms with Crippen molar-refractivity contribution < 1.29 is 44.3 Å². The number of carbonyl (C=O) groups excluding carboxylic acids is 2. The fourth-order valence-electron chi connectivity index (χ4n) is 5.92. The van der Waals surface area contributed by atoms with E-state index in [0.717, 1.165) is 29.5 Å². The van der Waals surface area contributed by atoms with Gasteiger partial charge in [0.2, 0.25) is 10.0 Å². The molecule has 4 aromatic rings. The van der Waals surface area contributed by atoms with Crippen molar-refractivity contribution in [2.45, 2.75) is 36.7 Å². The van der Waals surface area contributed by atoms with Crippen molar-refractivity contribution >= 4 is 31.7 Å². The van der Waals surface area contributed by atoms with Gasteiger partial charge in [-0.25, -0.2) is 26.4 Å². The summed E-state index contributed by atoms with van der Waals surface area (Å²) in [6.45, 7) is 0.916. The van der Waals surface area contributed by atoms with E-state index in [1.165, 1.54) is 61.4 Å². The molecule has 1 amide bonds. The molecule has 0 aliphatic heterocycles. The molecule has 1 N–H and O–H groups in total. The number of allylic oxidation sites excluding steroid dienone is 2. The Morgan fingerprint density at radius 1 is 0.833 bits per heavy atom. The van der Waals surface area contributed by atoms with Crippen LogP contribution in [0.5, 0.6) is 0 Å². The third kappa shape index (κ3) is 9.35. The van der Waals surface area contributed by atoms with Gasteiger partial charge < -0.3 is 9.64 Å². The van der Waals surface area contributed by atoms with Crippen molar-refractivity contribution in [3.8, 4) is 22.3 Å². The summed E-state index contributed by atoms with van der Waals surface area (Å²) in [5, 5.41) is 0. The van der Waals surface area contributed by atoms with Crippen LogP contribution >= 0.6 is 0 Å². The van der Waals surface area contributed by atoms with Crippen molar-refractivity contribution in [2.24, 2.45) is 0 Å². The predicted octanol–water partition coefficient (Wildman–Crippen LogP) is 6.83. The van der Waals surface area contributed by atoms with Crippen LogP contribution in [0.3, 0.4) is 0 Å². The molecular weight excluding hydrogens is 742 g/mol. The number of rotatable bonds is 13. The number of halogens is 3. The SMILES string of the molecule is COC(=O)[C@H](Cc1ccc(-c2ccccc2)cc1)N(CCNS(=O)(=O)C1=CCC(C)(S(C)(=O)=O)C=C1)C(=O)c1ccc(-c2ccc(C(F)(F)F)cc2)cc1. The standard InChI is InChI=1S/C40H39F3N2O7S2/c1-39(53(3,48)49)23-21-35(22-24-39)54(50,51)44-25-26-45(36(38(47)52-2)27-28-9-11-30(12-10-28)29-7-5-4-6-8-29)37(46)33-15-13-31(14-16-33)32-17-19-34(20-18-32)40(41,42)43/h4-23,36,44H,24-27H2,1-3H3/t36-,39?/m0/s1. The Morgan fingerprint density at radius 2 is 1.37 bits per heavy atom. The lowest BCUT2D eigenvalue weighted by molar-refractivity contribution is -0.146. The minimum atomic E-state index is -4.49. The molecule has 1 aliphatic carbocycles. The van der Waals surface area contributed by atoms with Crippen molar-refractivity contribution in [3.63, 3.8) is 0 Å². The van der Waals surface area contributed by atoms with Gasteiger partial charge in [-0.2, -0.15) is 13.2 Å². The van der Waals surface area contributed by atoms with Gasteiger partial charge in [0.05, 0.1) is 22.3 Å². The van der Waals surface area contributed by atoms with Crippen LogP contribution in [0.1, 0.15) is 34.8 Å². The van der Waals surface area contributed by atoms with Gasteiger partial charge in [0.15, 0.2) is 9.84 Å². The molecule has 1 aliphatic rings. The second-order valence-electron chi connectivity index (χ2n) is 13.1. The number of hydrogen-bond acceptors (Lipinski definition) is 7. The fraction of sp³-hybridized carbons (Fsp3) is 0.250. The number of esters is 1. The molecule has 5 rings (SSSR count). The number of sulfone groups is 1. The number of nitrogens with one attached hydrogen (secondary N) is 1. The van der Waals surface area contributed by atoms with Crippen LogP contribution in [0.25, 0.3) is 22.3 Å². The van der Waals surface area contributed by atoms with Crippen LogP contribution in [0.2, 0.25) is 0 Å². The Kier molecular flexibility index (Phi) is 12.0. The zero-order valence-electron chi connectivity index (χ0n) is 29.7. The maximum Gasteiger partial charge on any atom is 0.416 e. The minimum absolute atomic E-state index is 0.0296. The molecule has 0 bridgehead atoms. The summed E-state index contributed by atoms with van der Waals surface area (Å²) in [6, 6.07) is 26.6. The summed E-state index contributed by atoms with van der Waals surface area (Å²) < 4.78 is 96.6. The molecule has 1 unspecified atom stereocenters. The summed E-state index contributed by atoms with van der Waals surface area (Å²) in [5.74, 6) is -1.36. The van der Waals surface area contributed by atoms with Crippen LogP contribution in [0.15, 0.2) is 126 Å². The van der Waals surface area contributed by atoms with Gasteiger partial charge >= 0.3 is 12.1 Å². The number of benzene rings is 4. The van der Waals surface area contributed by atoms with Crippen LogP contribution < -0.4 is 4.72 Å². The first kappa shape index (κ1) is 40.1. The van der Waals surface area contributed by atoms with Gasteiger partial charge in [0.1, 0.15) is 6.04 Å². The highest BCUT2D eigenvalue weighted by atomic mass is 32.2. The zero-order valence-corrected chi connectivity index (χ0v) is 31.3. The normalized spacial score (nSPS) is 16.7. The van der Waals surface area contributed by atoms with E-state index in [9.17, 15) is 39.6 Å². The van der Waals surface area contributed by atoms with E-state index in [2.05, 4.69) is 4.72 Å². The van der Waals surface area contributed by atoms with E-state index in [-0.39, 0.29) is 36.4 Å². The Labute approximate surface area is 313 Å². The van der Waals surface area contributed by atoms with Gasteiger partial charge in [0, 0.05) is 31.3 Å². The number of alkyl halides is 3. The Hall–Kier alpha value is -5.05. The average Bonchev–Trinajstić information content (AvgIpc) is 3.15. The number of amides is 1. The summed E-state index contributed by atoms with van der Waals surface area (Å²) in [6.07, 6.45) is 0.437. The summed E-state index contributed by atoms with van der Waals surface area (Å²) in [5.41, 5.74) is 3.00. The van der Waals surface area contributed by atoms with Crippen LogP contribution in [0, 0.1) is 0 Å². The summed E-state index contributed by atoms with van der Waals surface area (Å²) >= 11 is 0. The Morgan fingerprint density at radius 3 is 1.87 bits per heavy atom. The lowest BCUT2D eigenvalue weighted by Gasteiger charge is -2.31. The highest BCUT2D eigenvalue weighted by Crippen LogP contribution is 2.32. The largest absolute Gasteiger partial charge is 0.467 e. The monoisotopic (exact) mass is 780 g/mol. The number of nitrogens with zero attached hydrogens (tertiary/aromatic N) is 1.